The van der Waals surface area contributed by atoms with Crippen molar-refractivity contribution in [2.24, 2.45) is 0 Å². The molecule has 2 nitrogen and oxygen atoms in total. The molecule has 0 heterocycles. The van der Waals surface area contributed by atoms with Crippen LogP contribution in [0.5, 0.6) is 0 Å². The second-order valence-electron chi connectivity index (χ2n) is 6.37. The molecule has 0 bridgehead atoms. The summed E-state index contributed by atoms with van der Waals surface area (Å²) in [6.07, 6.45) is 3.01. The molecular formula is C22H30ClNO. The van der Waals surface area contributed by atoms with Gasteiger partial charge in [-0.1, -0.05) is 61.8 Å². The Balaban J connectivity index is 1.67. The van der Waals surface area contributed by atoms with E-state index in [1.165, 1.54) is 16.7 Å². The molecule has 0 fully saturated rings. The maximum Gasteiger partial charge on any atom is 0.0506 e. The molecule has 0 saturated carbocycles. The highest BCUT2D eigenvalue weighted by Gasteiger charge is 2.00. The average molecular weight is 360 g/mol. The molecule has 0 aliphatic heterocycles. The van der Waals surface area contributed by atoms with Gasteiger partial charge in [-0.25, -0.2) is 0 Å². The Bertz CT molecular complexity index is 608. The second-order valence-corrected chi connectivity index (χ2v) is 6.80. The van der Waals surface area contributed by atoms with Gasteiger partial charge in [-0.3, -0.25) is 0 Å². The first-order chi connectivity index (χ1) is 12.2. The largest absolute Gasteiger partial charge is 0.381 e. The number of rotatable bonds is 11. The predicted octanol–water partition coefficient (Wildman–Crippen LogP) is 5.22. The Morgan fingerprint density at radius 3 is 2.28 bits per heavy atom. The van der Waals surface area contributed by atoms with Crippen molar-refractivity contribution < 1.29 is 4.74 Å². The van der Waals surface area contributed by atoms with E-state index in [9.17, 15) is 0 Å². The lowest BCUT2D eigenvalue weighted by Gasteiger charge is -2.17. The third kappa shape index (κ3) is 7.60. The van der Waals surface area contributed by atoms with Crippen molar-refractivity contribution in [3.63, 3.8) is 0 Å². The molecule has 0 N–H and O–H groups in total. The first-order valence-corrected chi connectivity index (χ1v) is 9.71. The lowest BCUT2D eigenvalue weighted by atomic mass is 10.0. The maximum absolute atomic E-state index is 6.05. The van der Waals surface area contributed by atoms with E-state index in [2.05, 4.69) is 49.1 Å². The second kappa shape index (κ2) is 11.3. The molecule has 0 aliphatic carbocycles. The molecule has 2 aromatic rings. The Hall–Kier alpha value is -1.35. The van der Waals surface area contributed by atoms with Crippen molar-refractivity contribution >= 4 is 11.6 Å². The number of benzene rings is 2. The van der Waals surface area contributed by atoms with E-state index >= 15 is 0 Å². The van der Waals surface area contributed by atoms with Crippen LogP contribution < -0.4 is 0 Å². The van der Waals surface area contributed by atoms with Crippen molar-refractivity contribution in [1.82, 2.24) is 4.90 Å². The summed E-state index contributed by atoms with van der Waals surface area (Å²) in [5, 5.41) is 0.798. The highest BCUT2D eigenvalue weighted by molar-refractivity contribution is 6.30. The molecule has 136 valence electrons. The van der Waals surface area contributed by atoms with Crippen LogP contribution in [0.1, 0.15) is 37.0 Å². The fraction of sp³-hybridized carbons (Fsp3) is 0.455. The summed E-state index contributed by atoms with van der Waals surface area (Å²) in [5.74, 6) is 0. The highest BCUT2D eigenvalue weighted by atomic mass is 35.5. The van der Waals surface area contributed by atoms with Gasteiger partial charge in [0, 0.05) is 18.2 Å². The minimum atomic E-state index is 0.798. The molecule has 0 spiro atoms. The minimum absolute atomic E-state index is 0.798. The number of ether oxygens (including phenoxy) is 1. The topological polar surface area (TPSA) is 12.5 Å². The summed E-state index contributed by atoms with van der Waals surface area (Å²) in [6.45, 7) is 9.44. The van der Waals surface area contributed by atoms with Gasteiger partial charge in [0.1, 0.15) is 0 Å². The van der Waals surface area contributed by atoms with E-state index in [1.54, 1.807) is 0 Å². The Kier molecular flexibility index (Phi) is 9.03. The maximum atomic E-state index is 6.05. The first-order valence-electron chi connectivity index (χ1n) is 9.33. The summed E-state index contributed by atoms with van der Waals surface area (Å²) >= 11 is 6.05. The van der Waals surface area contributed by atoms with Gasteiger partial charge in [0.15, 0.2) is 0 Å². The van der Waals surface area contributed by atoms with Crippen LogP contribution in [0, 0.1) is 0 Å². The zero-order valence-corrected chi connectivity index (χ0v) is 16.3. The zero-order valence-electron chi connectivity index (χ0n) is 15.5. The van der Waals surface area contributed by atoms with Crippen molar-refractivity contribution in [3.05, 3.63) is 70.2 Å². The molecule has 2 aromatic carbocycles. The van der Waals surface area contributed by atoms with Crippen LogP contribution in [-0.2, 0) is 17.6 Å². The van der Waals surface area contributed by atoms with E-state index in [1.807, 2.05) is 18.2 Å². The van der Waals surface area contributed by atoms with Gasteiger partial charge in [0.25, 0.3) is 0 Å². The molecule has 2 rings (SSSR count). The summed E-state index contributed by atoms with van der Waals surface area (Å²) in [7, 11) is 0. The van der Waals surface area contributed by atoms with Crippen LogP contribution in [0.3, 0.4) is 0 Å². The van der Waals surface area contributed by atoms with Crippen LogP contribution in [0.2, 0.25) is 5.02 Å². The van der Waals surface area contributed by atoms with Crippen molar-refractivity contribution in [2.75, 3.05) is 32.8 Å². The number of hydrogen-bond donors (Lipinski definition) is 0. The van der Waals surface area contributed by atoms with Crippen molar-refractivity contribution in [1.29, 1.82) is 0 Å². The molecule has 0 radical (unpaired) electrons. The van der Waals surface area contributed by atoms with Gasteiger partial charge in [-0.05, 0) is 61.2 Å². The Morgan fingerprint density at radius 2 is 1.60 bits per heavy atom. The molecule has 0 unspecified atom stereocenters. The summed E-state index contributed by atoms with van der Waals surface area (Å²) in [5.41, 5.74) is 3.89. The van der Waals surface area contributed by atoms with Gasteiger partial charge in [0.05, 0.1) is 6.61 Å². The molecule has 0 atom stereocenters. The number of hydrogen-bond acceptors (Lipinski definition) is 2. The van der Waals surface area contributed by atoms with Crippen LogP contribution in [0.15, 0.2) is 48.5 Å². The van der Waals surface area contributed by atoms with Gasteiger partial charge in [0.2, 0.25) is 0 Å². The standard InChI is InChI=1S/C22H30ClNO/c1-3-24(4-2)14-6-15-25-16-13-19-9-11-20(12-10-19)17-21-7-5-8-22(23)18-21/h5,7-12,18H,3-4,6,13-17H2,1-2H3. The molecule has 25 heavy (non-hydrogen) atoms. The van der Waals surface area contributed by atoms with E-state index in [0.29, 0.717) is 0 Å². The summed E-state index contributed by atoms with van der Waals surface area (Å²) in [4.78, 5) is 2.43. The quantitative estimate of drug-likeness (QED) is 0.510. The molecule has 0 aliphatic rings. The fourth-order valence-corrected chi connectivity index (χ4v) is 3.14. The molecule has 0 saturated heterocycles. The van der Waals surface area contributed by atoms with Gasteiger partial charge in [-0.15, -0.1) is 0 Å². The minimum Gasteiger partial charge on any atom is -0.381 e. The normalized spacial score (nSPS) is 11.2. The fourth-order valence-electron chi connectivity index (χ4n) is 2.93. The van der Waals surface area contributed by atoms with E-state index in [-0.39, 0.29) is 0 Å². The van der Waals surface area contributed by atoms with Crippen molar-refractivity contribution in [3.8, 4) is 0 Å². The van der Waals surface area contributed by atoms with E-state index in [0.717, 1.165) is 57.1 Å². The lowest BCUT2D eigenvalue weighted by molar-refractivity contribution is 0.124. The summed E-state index contributed by atoms with van der Waals surface area (Å²) < 4.78 is 5.77. The predicted molar refractivity (Wildman–Crippen MR) is 108 cm³/mol. The highest BCUT2D eigenvalue weighted by Crippen LogP contribution is 2.15. The smallest absolute Gasteiger partial charge is 0.0506 e. The molecular weight excluding hydrogens is 330 g/mol. The average Bonchev–Trinajstić information content (AvgIpc) is 2.63. The lowest BCUT2D eigenvalue weighted by Crippen LogP contribution is -2.24. The van der Waals surface area contributed by atoms with Gasteiger partial charge in [-0.2, -0.15) is 0 Å². The number of halogens is 1. The van der Waals surface area contributed by atoms with E-state index < -0.39 is 0 Å². The van der Waals surface area contributed by atoms with Crippen LogP contribution in [0.4, 0.5) is 0 Å². The molecule has 3 heteroatoms. The van der Waals surface area contributed by atoms with Crippen LogP contribution in [0.25, 0.3) is 0 Å². The first kappa shape index (κ1) is 20.0. The van der Waals surface area contributed by atoms with Crippen molar-refractivity contribution in [2.45, 2.75) is 33.1 Å². The Morgan fingerprint density at radius 1 is 0.880 bits per heavy atom. The van der Waals surface area contributed by atoms with Gasteiger partial charge < -0.3 is 9.64 Å². The molecule has 0 aromatic heterocycles. The molecule has 0 amide bonds. The number of nitrogens with zero attached hydrogens (tertiary/aromatic N) is 1. The third-order valence-corrected chi connectivity index (χ3v) is 4.75. The SMILES string of the molecule is CCN(CC)CCCOCCc1ccc(Cc2cccc(Cl)c2)cc1. The third-order valence-electron chi connectivity index (χ3n) is 4.51. The monoisotopic (exact) mass is 359 g/mol. The summed E-state index contributed by atoms with van der Waals surface area (Å²) in [6, 6.07) is 16.9. The zero-order chi connectivity index (χ0) is 17.9. The van der Waals surface area contributed by atoms with Crippen LogP contribution in [-0.4, -0.2) is 37.7 Å². The Labute approximate surface area is 157 Å². The van der Waals surface area contributed by atoms with Crippen LogP contribution >= 0.6 is 11.6 Å². The van der Waals surface area contributed by atoms with Gasteiger partial charge >= 0.3 is 0 Å². The van der Waals surface area contributed by atoms with E-state index in [4.69, 9.17) is 16.3 Å².